The number of hydrogen-bond donors (Lipinski definition) is 0. The molecular weight excluding hydrogens is 198 g/mol. The molecule has 0 bridgehead atoms. The summed E-state index contributed by atoms with van der Waals surface area (Å²) in [5.74, 6) is 0.705. The number of benzene rings is 1. The molecule has 1 aromatic carbocycles. The molecule has 0 radical (unpaired) electrons. The van der Waals surface area contributed by atoms with Crippen LogP contribution in [-0.4, -0.2) is 4.98 Å². The van der Waals surface area contributed by atoms with Gasteiger partial charge < -0.3 is 4.42 Å². The minimum absolute atomic E-state index is 0.161. The quantitative estimate of drug-likeness (QED) is 0.720. The second-order valence-corrected chi connectivity index (χ2v) is 5.08. The minimum atomic E-state index is 0.161. The maximum atomic E-state index is 5.23. The van der Waals surface area contributed by atoms with Gasteiger partial charge in [0.25, 0.3) is 0 Å². The van der Waals surface area contributed by atoms with Crippen molar-refractivity contribution >= 4 is 0 Å². The van der Waals surface area contributed by atoms with Gasteiger partial charge in [-0.2, -0.15) is 0 Å². The molecule has 0 N–H and O–H groups in total. The summed E-state index contributed by atoms with van der Waals surface area (Å²) in [6.07, 6.45) is 1.71. The first kappa shape index (κ1) is 10.9. The van der Waals surface area contributed by atoms with Crippen LogP contribution in [0.5, 0.6) is 0 Å². The molecule has 16 heavy (non-hydrogen) atoms. The highest BCUT2D eigenvalue weighted by atomic mass is 16.3. The number of nitrogens with zero attached hydrogens (tertiary/aromatic N) is 1. The Labute approximate surface area is 96.3 Å². The van der Waals surface area contributed by atoms with Gasteiger partial charge in [0.1, 0.15) is 12.0 Å². The minimum Gasteiger partial charge on any atom is -0.449 e. The van der Waals surface area contributed by atoms with Crippen molar-refractivity contribution in [2.75, 3.05) is 0 Å². The lowest BCUT2D eigenvalue weighted by Gasteiger charge is -2.19. The molecule has 1 aromatic heterocycles. The Morgan fingerprint density at radius 2 is 1.94 bits per heavy atom. The second-order valence-electron chi connectivity index (χ2n) is 5.08. The van der Waals surface area contributed by atoms with Gasteiger partial charge in [0.15, 0.2) is 5.89 Å². The molecule has 2 heteroatoms. The number of oxazole rings is 1. The summed E-state index contributed by atoms with van der Waals surface area (Å²) in [4.78, 5) is 4.34. The Hall–Kier alpha value is -1.57. The van der Waals surface area contributed by atoms with Crippen molar-refractivity contribution in [2.45, 2.75) is 33.1 Å². The van der Waals surface area contributed by atoms with E-state index in [0.717, 1.165) is 11.3 Å². The van der Waals surface area contributed by atoms with E-state index in [-0.39, 0.29) is 5.41 Å². The molecule has 0 amide bonds. The average Bonchev–Trinajstić information content (AvgIpc) is 2.64. The zero-order valence-corrected chi connectivity index (χ0v) is 10.2. The van der Waals surface area contributed by atoms with Crippen LogP contribution in [0.4, 0.5) is 0 Å². The highest BCUT2D eigenvalue weighted by Gasteiger charge is 2.14. The molecule has 0 spiro atoms. The van der Waals surface area contributed by atoms with Crippen molar-refractivity contribution in [2.24, 2.45) is 0 Å². The first-order chi connectivity index (χ1) is 7.47. The first-order valence-corrected chi connectivity index (χ1v) is 5.50. The van der Waals surface area contributed by atoms with Gasteiger partial charge in [-0.3, -0.25) is 0 Å². The summed E-state index contributed by atoms with van der Waals surface area (Å²) < 4.78 is 5.23. The molecule has 0 unspecified atom stereocenters. The fraction of sp³-hybridized carbons (Fsp3) is 0.357. The van der Waals surface area contributed by atoms with Gasteiger partial charge in [0.05, 0.1) is 0 Å². The van der Waals surface area contributed by atoms with Crippen molar-refractivity contribution in [1.29, 1.82) is 0 Å². The average molecular weight is 215 g/mol. The summed E-state index contributed by atoms with van der Waals surface area (Å²) in [5, 5.41) is 0. The van der Waals surface area contributed by atoms with Gasteiger partial charge in [0, 0.05) is 12.5 Å². The van der Waals surface area contributed by atoms with Crippen molar-refractivity contribution in [3.05, 3.63) is 42.0 Å². The van der Waals surface area contributed by atoms with E-state index >= 15 is 0 Å². The van der Waals surface area contributed by atoms with Crippen LogP contribution in [0.3, 0.4) is 0 Å². The highest BCUT2D eigenvalue weighted by Crippen LogP contribution is 2.27. The second kappa shape index (κ2) is 3.78. The maximum Gasteiger partial charge on any atom is 0.191 e. The van der Waals surface area contributed by atoms with Gasteiger partial charge in [-0.05, 0) is 17.0 Å². The van der Waals surface area contributed by atoms with Crippen LogP contribution in [0.15, 0.2) is 34.9 Å². The molecule has 84 valence electrons. The lowest BCUT2D eigenvalue weighted by Crippen LogP contribution is -2.10. The fourth-order valence-corrected chi connectivity index (χ4v) is 1.64. The molecule has 2 aromatic rings. The van der Waals surface area contributed by atoms with Crippen molar-refractivity contribution in [1.82, 2.24) is 4.98 Å². The van der Waals surface area contributed by atoms with Crippen molar-refractivity contribution < 1.29 is 4.42 Å². The molecule has 2 nitrogen and oxygen atoms in total. The van der Waals surface area contributed by atoms with Gasteiger partial charge in [-0.25, -0.2) is 4.98 Å². The summed E-state index contributed by atoms with van der Waals surface area (Å²) in [5.41, 5.74) is 3.49. The molecule has 0 saturated carbocycles. The molecular formula is C14H17NO. The Morgan fingerprint density at radius 1 is 1.19 bits per heavy atom. The summed E-state index contributed by atoms with van der Waals surface area (Å²) in [6.45, 7) is 8.48. The Morgan fingerprint density at radius 3 is 2.50 bits per heavy atom. The SMILES string of the molecule is Cc1nc(-c2cccc(C(C)(C)C)c2)co1. The van der Waals surface area contributed by atoms with E-state index in [1.165, 1.54) is 5.56 Å². The highest BCUT2D eigenvalue weighted by molar-refractivity contribution is 5.59. The van der Waals surface area contributed by atoms with Crippen molar-refractivity contribution in [3.8, 4) is 11.3 Å². The summed E-state index contributed by atoms with van der Waals surface area (Å²) in [6, 6.07) is 8.46. The van der Waals surface area contributed by atoms with Gasteiger partial charge in [-0.1, -0.05) is 39.0 Å². The number of rotatable bonds is 1. The van der Waals surface area contributed by atoms with Crippen LogP contribution in [0.25, 0.3) is 11.3 Å². The molecule has 2 rings (SSSR count). The predicted octanol–water partition coefficient (Wildman–Crippen LogP) is 3.95. The fourth-order valence-electron chi connectivity index (χ4n) is 1.64. The topological polar surface area (TPSA) is 26.0 Å². The van der Waals surface area contributed by atoms with Crippen LogP contribution < -0.4 is 0 Å². The molecule has 0 atom stereocenters. The molecule has 0 aliphatic carbocycles. The molecule has 0 aliphatic rings. The van der Waals surface area contributed by atoms with E-state index in [4.69, 9.17) is 4.42 Å². The largest absolute Gasteiger partial charge is 0.449 e. The third kappa shape index (κ3) is 2.16. The van der Waals surface area contributed by atoms with Crippen LogP contribution in [0.1, 0.15) is 32.2 Å². The predicted molar refractivity (Wildman–Crippen MR) is 65.4 cm³/mol. The van der Waals surface area contributed by atoms with E-state index in [0.29, 0.717) is 5.89 Å². The van der Waals surface area contributed by atoms with E-state index in [1.807, 2.05) is 6.92 Å². The van der Waals surface area contributed by atoms with E-state index < -0.39 is 0 Å². The number of aromatic nitrogens is 1. The van der Waals surface area contributed by atoms with Crippen LogP contribution in [-0.2, 0) is 5.41 Å². The molecule has 0 aliphatic heterocycles. The normalized spacial score (nSPS) is 11.8. The Kier molecular flexibility index (Phi) is 2.58. The van der Waals surface area contributed by atoms with Crippen LogP contribution in [0.2, 0.25) is 0 Å². The summed E-state index contributed by atoms with van der Waals surface area (Å²) >= 11 is 0. The van der Waals surface area contributed by atoms with Crippen LogP contribution >= 0.6 is 0 Å². The lowest BCUT2D eigenvalue weighted by molar-refractivity contribution is 0.521. The zero-order chi connectivity index (χ0) is 11.8. The van der Waals surface area contributed by atoms with Crippen molar-refractivity contribution in [3.63, 3.8) is 0 Å². The van der Waals surface area contributed by atoms with Gasteiger partial charge in [0.2, 0.25) is 0 Å². The van der Waals surface area contributed by atoms with Gasteiger partial charge >= 0.3 is 0 Å². The monoisotopic (exact) mass is 215 g/mol. The molecule has 1 heterocycles. The zero-order valence-electron chi connectivity index (χ0n) is 10.2. The Balaban J connectivity index is 2.44. The Bertz CT molecular complexity index is 491. The van der Waals surface area contributed by atoms with E-state index in [9.17, 15) is 0 Å². The van der Waals surface area contributed by atoms with Gasteiger partial charge in [-0.15, -0.1) is 0 Å². The number of hydrogen-bond acceptors (Lipinski definition) is 2. The third-order valence-electron chi connectivity index (χ3n) is 2.64. The molecule has 0 fully saturated rings. The van der Waals surface area contributed by atoms with E-state index in [1.54, 1.807) is 6.26 Å². The lowest BCUT2D eigenvalue weighted by atomic mass is 9.86. The van der Waals surface area contributed by atoms with Crippen LogP contribution in [0, 0.1) is 6.92 Å². The first-order valence-electron chi connectivity index (χ1n) is 5.50. The molecule has 0 saturated heterocycles. The summed E-state index contributed by atoms with van der Waals surface area (Å²) in [7, 11) is 0. The third-order valence-corrected chi connectivity index (χ3v) is 2.64. The number of aryl methyl sites for hydroxylation is 1. The van der Waals surface area contributed by atoms with E-state index in [2.05, 4.69) is 50.0 Å². The smallest absolute Gasteiger partial charge is 0.191 e. The standard InChI is InChI=1S/C14H17NO/c1-10-15-13(9-16-10)11-6-5-7-12(8-11)14(2,3)4/h5-9H,1-4H3. The maximum absolute atomic E-state index is 5.23.